The SMILES string of the molecule is O=C(c1cccnc1)N1CCC[C@H]1c1ccc2c(c1)OCCO2. The van der Waals surface area contributed by atoms with Crippen LogP contribution in [0.1, 0.15) is 34.8 Å². The molecule has 4 rings (SSSR count). The molecule has 0 unspecified atom stereocenters. The molecule has 2 aromatic rings. The average Bonchev–Trinajstić information content (AvgIpc) is 3.11. The fraction of sp³-hybridized carbons (Fsp3) is 0.333. The first-order chi connectivity index (χ1) is 11.3. The Morgan fingerprint density at radius 3 is 2.87 bits per heavy atom. The molecule has 118 valence electrons. The Labute approximate surface area is 134 Å². The van der Waals surface area contributed by atoms with Crippen molar-refractivity contribution in [3.05, 3.63) is 53.9 Å². The summed E-state index contributed by atoms with van der Waals surface area (Å²) in [6, 6.07) is 9.67. The number of benzene rings is 1. The number of hydrogen-bond acceptors (Lipinski definition) is 4. The lowest BCUT2D eigenvalue weighted by Crippen LogP contribution is -2.30. The highest BCUT2D eigenvalue weighted by Gasteiger charge is 2.31. The van der Waals surface area contributed by atoms with E-state index in [0.29, 0.717) is 18.8 Å². The fourth-order valence-corrected chi connectivity index (χ4v) is 3.28. The molecular formula is C18H18N2O3. The molecule has 23 heavy (non-hydrogen) atoms. The summed E-state index contributed by atoms with van der Waals surface area (Å²) in [7, 11) is 0. The summed E-state index contributed by atoms with van der Waals surface area (Å²) < 4.78 is 11.2. The maximum Gasteiger partial charge on any atom is 0.255 e. The van der Waals surface area contributed by atoms with E-state index in [2.05, 4.69) is 4.98 Å². The van der Waals surface area contributed by atoms with E-state index in [0.717, 1.165) is 36.4 Å². The van der Waals surface area contributed by atoms with Crippen molar-refractivity contribution in [2.45, 2.75) is 18.9 Å². The molecule has 0 spiro atoms. The highest BCUT2D eigenvalue weighted by Crippen LogP contribution is 2.38. The molecule has 0 bridgehead atoms. The van der Waals surface area contributed by atoms with Gasteiger partial charge in [-0.1, -0.05) is 6.07 Å². The van der Waals surface area contributed by atoms with Crippen LogP contribution >= 0.6 is 0 Å². The van der Waals surface area contributed by atoms with E-state index < -0.39 is 0 Å². The van der Waals surface area contributed by atoms with Gasteiger partial charge in [0.15, 0.2) is 11.5 Å². The van der Waals surface area contributed by atoms with Crippen LogP contribution in [-0.4, -0.2) is 35.5 Å². The van der Waals surface area contributed by atoms with E-state index in [1.165, 1.54) is 0 Å². The van der Waals surface area contributed by atoms with Crippen LogP contribution in [0.15, 0.2) is 42.7 Å². The third-order valence-corrected chi connectivity index (χ3v) is 4.37. The fourth-order valence-electron chi connectivity index (χ4n) is 3.28. The van der Waals surface area contributed by atoms with Crippen LogP contribution < -0.4 is 9.47 Å². The minimum Gasteiger partial charge on any atom is -0.486 e. The predicted molar refractivity (Wildman–Crippen MR) is 84.7 cm³/mol. The van der Waals surface area contributed by atoms with Crippen LogP contribution in [-0.2, 0) is 0 Å². The van der Waals surface area contributed by atoms with Gasteiger partial charge in [-0.2, -0.15) is 0 Å². The highest BCUT2D eigenvalue weighted by atomic mass is 16.6. The average molecular weight is 310 g/mol. The van der Waals surface area contributed by atoms with Crippen LogP contribution in [0.5, 0.6) is 11.5 Å². The summed E-state index contributed by atoms with van der Waals surface area (Å²) in [4.78, 5) is 18.7. The topological polar surface area (TPSA) is 51.7 Å². The molecule has 1 atom stereocenters. The second kappa shape index (κ2) is 5.91. The lowest BCUT2D eigenvalue weighted by Gasteiger charge is -2.26. The minimum atomic E-state index is 0.0375. The Kier molecular flexibility index (Phi) is 3.61. The Hall–Kier alpha value is -2.56. The molecule has 2 aliphatic rings. The summed E-state index contributed by atoms with van der Waals surface area (Å²) in [5, 5.41) is 0. The molecule has 1 aromatic carbocycles. The number of carbonyl (C=O) groups is 1. The smallest absolute Gasteiger partial charge is 0.255 e. The molecule has 0 aliphatic carbocycles. The quantitative estimate of drug-likeness (QED) is 0.856. The maximum atomic E-state index is 12.7. The van der Waals surface area contributed by atoms with E-state index in [4.69, 9.17) is 9.47 Å². The molecule has 5 heteroatoms. The molecular weight excluding hydrogens is 292 g/mol. The molecule has 0 radical (unpaired) electrons. The van der Waals surface area contributed by atoms with Crippen LogP contribution in [0.25, 0.3) is 0 Å². The third kappa shape index (κ3) is 2.63. The van der Waals surface area contributed by atoms with Gasteiger partial charge in [0, 0.05) is 18.9 Å². The first-order valence-electron chi connectivity index (χ1n) is 7.93. The van der Waals surface area contributed by atoms with Gasteiger partial charge in [0.25, 0.3) is 5.91 Å². The monoisotopic (exact) mass is 310 g/mol. The lowest BCUT2D eigenvalue weighted by atomic mass is 10.0. The number of ether oxygens (including phenoxy) is 2. The van der Waals surface area contributed by atoms with Crippen molar-refractivity contribution >= 4 is 5.91 Å². The Balaban J connectivity index is 1.62. The number of likely N-dealkylation sites (tertiary alicyclic amines) is 1. The number of rotatable bonds is 2. The Bertz CT molecular complexity index is 717. The zero-order chi connectivity index (χ0) is 15.6. The molecule has 0 N–H and O–H groups in total. The molecule has 1 fully saturated rings. The van der Waals surface area contributed by atoms with Gasteiger partial charge in [-0.25, -0.2) is 0 Å². The second-order valence-corrected chi connectivity index (χ2v) is 5.80. The number of hydrogen-bond donors (Lipinski definition) is 0. The number of aromatic nitrogens is 1. The number of nitrogens with zero attached hydrogens (tertiary/aromatic N) is 2. The van der Waals surface area contributed by atoms with Gasteiger partial charge in [0.2, 0.25) is 0 Å². The first-order valence-corrected chi connectivity index (χ1v) is 7.93. The standard InChI is InChI=1S/C18H18N2O3/c21-18(14-3-1-7-19-12-14)20-8-2-4-15(20)13-5-6-16-17(11-13)23-10-9-22-16/h1,3,5-7,11-12,15H,2,4,8-10H2/t15-/m0/s1. The van der Waals surface area contributed by atoms with E-state index in [9.17, 15) is 4.79 Å². The van der Waals surface area contributed by atoms with Gasteiger partial charge in [-0.05, 0) is 42.7 Å². The zero-order valence-corrected chi connectivity index (χ0v) is 12.8. The Morgan fingerprint density at radius 2 is 2.04 bits per heavy atom. The van der Waals surface area contributed by atoms with Crippen molar-refractivity contribution in [1.29, 1.82) is 0 Å². The molecule has 1 saturated heterocycles. The van der Waals surface area contributed by atoms with Gasteiger partial charge in [0.1, 0.15) is 13.2 Å². The van der Waals surface area contributed by atoms with Crippen LogP contribution in [0.3, 0.4) is 0 Å². The van der Waals surface area contributed by atoms with E-state index >= 15 is 0 Å². The van der Waals surface area contributed by atoms with Crippen LogP contribution in [0.2, 0.25) is 0 Å². The van der Waals surface area contributed by atoms with Gasteiger partial charge < -0.3 is 14.4 Å². The lowest BCUT2D eigenvalue weighted by molar-refractivity contribution is 0.0734. The first kappa shape index (κ1) is 14.1. The molecule has 2 aliphatic heterocycles. The molecule has 0 saturated carbocycles. The van der Waals surface area contributed by atoms with Crippen molar-refractivity contribution in [3.63, 3.8) is 0 Å². The second-order valence-electron chi connectivity index (χ2n) is 5.80. The summed E-state index contributed by atoms with van der Waals surface area (Å²) >= 11 is 0. The summed E-state index contributed by atoms with van der Waals surface area (Å²) in [6.07, 6.45) is 5.28. The number of pyridine rings is 1. The van der Waals surface area contributed by atoms with Gasteiger partial charge in [-0.15, -0.1) is 0 Å². The van der Waals surface area contributed by atoms with Crippen molar-refractivity contribution in [3.8, 4) is 11.5 Å². The number of carbonyl (C=O) groups excluding carboxylic acids is 1. The largest absolute Gasteiger partial charge is 0.486 e. The number of amides is 1. The normalized spacial score (nSPS) is 19.7. The Morgan fingerprint density at radius 1 is 1.17 bits per heavy atom. The van der Waals surface area contributed by atoms with E-state index in [1.807, 2.05) is 29.2 Å². The van der Waals surface area contributed by atoms with Crippen molar-refractivity contribution < 1.29 is 14.3 Å². The summed E-state index contributed by atoms with van der Waals surface area (Å²) in [5.41, 5.74) is 1.74. The van der Waals surface area contributed by atoms with Crippen LogP contribution in [0, 0.1) is 0 Å². The maximum absolute atomic E-state index is 12.7. The third-order valence-electron chi connectivity index (χ3n) is 4.37. The predicted octanol–water partition coefficient (Wildman–Crippen LogP) is 2.83. The summed E-state index contributed by atoms with van der Waals surface area (Å²) in [5.74, 6) is 1.59. The van der Waals surface area contributed by atoms with Crippen molar-refractivity contribution in [2.24, 2.45) is 0 Å². The molecule has 3 heterocycles. The van der Waals surface area contributed by atoms with E-state index in [-0.39, 0.29) is 11.9 Å². The van der Waals surface area contributed by atoms with E-state index in [1.54, 1.807) is 18.5 Å². The molecule has 1 amide bonds. The molecule has 5 nitrogen and oxygen atoms in total. The van der Waals surface area contributed by atoms with Crippen LogP contribution in [0.4, 0.5) is 0 Å². The summed E-state index contributed by atoms with van der Waals surface area (Å²) in [6.45, 7) is 1.92. The van der Waals surface area contributed by atoms with Crippen molar-refractivity contribution in [2.75, 3.05) is 19.8 Å². The van der Waals surface area contributed by atoms with Gasteiger partial charge >= 0.3 is 0 Å². The highest BCUT2D eigenvalue weighted by molar-refractivity contribution is 5.94. The van der Waals surface area contributed by atoms with Crippen molar-refractivity contribution in [1.82, 2.24) is 9.88 Å². The molecule has 1 aromatic heterocycles. The van der Waals surface area contributed by atoms with Gasteiger partial charge in [-0.3, -0.25) is 9.78 Å². The zero-order valence-electron chi connectivity index (χ0n) is 12.8. The minimum absolute atomic E-state index is 0.0375. The number of fused-ring (bicyclic) bond motifs is 1. The van der Waals surface area contributed by atoms with Gasteiger partial charge in [0.05, 0.1) is 11.6 Å².